The maximum atomic E-state index is 11.1. The molecule has 0 bridgehead atoms. The van der Waals surface area contributed by atoms with Crippen LogP contribution >= 0.6 is 0 Å². The molecule has 1 saturated carbocycles. The summed E-state index contributed by atoms with van der Waals surface area (Å²) in [6.07, 6.45) is 8.26. The summed E-state index contributed by atoms with van der Waals surface area (Å²) in [7, 11) is 0. The monoisotopic (exact) mass is 205 g/mol. The lowest BCUT2D eigenvalue weighted by molar-refractivity contribution is -0.156. The van der Waals surface area contributed by atoms with Crippen LogP contribution in [0.15, 0.2) is 0 Å². The number of terminal acetylenes is 1. The minimum Gasteiger partial charge on any atom is -0.444 e. The van der Waals surface area contributed by atoms with Crippen molar-refractivity contribution >= 4 is 5.97 Å². The molecule has 15 heavy (non-hydrogen) atoms. The number of ether oxygens (including phenoxy) is 1. The third kappa shape index (κ3) is 1.83. The summed E-state index contributed by atoms with van der Waals surface area (Å²) in [5.74, 6) is 2.12. The van der Waals surface area contributed by atoms with Crippen LogP contribution in [-0.2, 0) is 9.53 Å². The number of nitrogens with zero attached hydrogens (tertiary/aromatic N) is 1. The van der Waals surface area contributed by atoms with E-state index in [0.29, 0.717) is 6.42 Å². The van der Waals surface area contributed by atoms with Crippen molar-refractivity contribution in [1.29, 1.82) is 5.26 Å². The van der Waals surface area contributed by atoms with Crippen molar-refractivity contribution in [3.63, 3.8) is 0 Å². The van der Waals surface area contributed by atoms with Gasteiger partial charge in [0.1, 0.15) is 5.41 Å². The fraction of sp³-hybridized carbons (Fsp3) is 0.667. The number of rotatable bonds is 4. The van der Waals surface area contributed by atoms with Gasteiger partial charge in [0.2, 0.25) is 0 Å². The van der Waals surface area contributed by atoms with Gasteiger partial charge >= 0.3 is 5.97 Å². The molecule has 0 spiro atoms. The Balaban J connectivity index is 3.01. The largest absolute Gasteiger partial charge is 0.444 e. The molecule has 0 amide bonds. The van der Waals surface area contributed by atoms with E-state index in [-0.39, 0.29) is 0 Å². The van der Waals surface area contributed by atoms with Crippen LogP contribution in [0.25, 0.3) is 0 Å². The highest BCUT2D eigenvalue weighted by molar-refractivity contribution is 5.67. The molecule has 1 rings (SSSR count). The Morgan fingerprint density at radius 2 is 2.27 bits per heavy atom. The zero-order valence-corrected chi connectivity index (χ0v) is 9.17. The first-order chi connectivity index (χ1) is 7.06. The van der Waals surface area contributed by atoms with Crippen molar-refractivity contribution in [1.82, 2.24) is 0 Å². The van der Waals surface area contributed by atoms with Crippen molar-refractivity contribution in [2.45, 2.75) is 45.1 Å². The van der Waals surface area contributed by atoms with E-state index in [0.717, 1.165) is 19.3 Å². The van der Waals surface area contributed by atoms with Crippen LogP contribution in [0.4, 0.5) is 0 Å². The first kappa shape index (κ1) is 11.6. The van der Waals surface area contributed by atoms with Crippen LogP contribution in [-0.4, -0.2) is 11.6 Å². The van der Waals surface area contributed by atoms with Gasteiger partial charge in [0, 0.05) is 13.3 Å². The van der Waals surface area contributed by atoms with Gasteiger partial charge in [-0.1, -0.05) is 19.3 Å². The zero-order valence-electron chi connectivity index (χ0n) is 9.17. The second-order valence-electron chi connectivity index (χ2n) is 4.01. The normalized spacial score (nSPS) is 20.5. The van der Waals surface area contributed by atoms with Crippen molar-refractivity contribution in [2.24, 2.45) is 5.41 Å². The second kappa shape index (κ2) is 3.95. The molecular formula is C12H15NO2. The topological polar surface area (TPSA) is 50.1 Å². The molecule has 0 saturated heterocycles. The highest BCUT2D eigenvalue weighted by Crippen LogP contribution is 2.56. The Labute approximate surface area is 90.4 Å². The standard InChI is InChI=1S/C12H15NO2/c1-4-6-12(5-2,15-10(3)14)11(9-13)7-8-11/h2H,4,6-8H2,1,3H3/t12-/m0/s1. The molecule has 0 aromatic heterocycles. The fourth-order valence-corrected chi connectivity index (χ4v) is 1.96. The lowest BCUT2D eigenvalue weighted by atomic mass is 9.82. The van der Waals surface area contributed by atoms with Gasteiger partial charge in [0.25, 0.3) is 0 Å². The summed E-state index contributed by atoms with van der Waals surface area (Å²) in [5, 5.41) is 9.13. The lowest BCUT2D eigenvalue weighted by Gasteiger charge is -2.31. The number of carbonyl (C=O) groups is 1. The van der Waals surface area contributed by atoms with Gasteiger partial charge in [-0.2, -0.15) is 5.26 Å². The summed E-state index contributed by atoms with van der Waals surface area (Å²) >= 11 is 0. The summed E-state index contributed by atoms with van der Waals surface area (Å²) in [4.78, 5) is 11.1. The molecule has 0 unspecified atom stereocenters. The zero-order chi connectivity index (χ0) is 11.5. The van der Waals surface area contributed by atoms with E-state index >= 15 is 0 Å². The number of esters is 1. The average molecular weight is 205 g/mol. The van der Waals surface area contributed by atoms with E-state index in [9.17, 15) is 4.79 Å². The van der Waals surface area contributed by atoms with E-state index in [4.69, 9.17) is 16.4 Å². The molecule has 1 fully saturated rings. The first-order valence-electron chi connectivity index (χ1n) is 5.14. The molecule has 0 aliphatic heterocycles. The Kier molecular flexibility index (Phi) is 3.05. The Hall–Kier alpha value is -1.48. The third-order valence-electron chi connectivity index (χ3n) is 2.89. The Morgan fingerprint density at radius 3 is 2.53 bits per heavy atom. The molecule has 0 N–H and O–H groups in total. The van der Waals surface area contributed by atoms with Crippen LogP contribution < -0.4 is 0 Å². The minimum atomic E-state index is -1.01. The number of hydrogen-bond donors (Lipinski definition) is 0. The van der Waals surface area contributed by atoms with E-state index in [1.807, 2.05) is 6.92 Å². The molecule has 0 aromatic carbocycles. The van der Waals surface area contributed by atoms with Crippen LogP contribution in [0.2, 0.25) is 0 Å². The molecule has 3 nitrogen and oxygen atoms in total. The third-order valence-corrected chi connectivity index (χ3v) is 2.89. The first-order valence-corrected chi connectivity index (χ1v) is 5.14. The summed E-state index contributed by atoms with van der Waals surface area (Å²) in [6, 6.07) is 2.21. The summed E-state index contributed by atoms with van der Waals surface area (Å²) < 4.78 is 5.25. The summed E-state index contributed by atoms with van der Waals surface area (Å²) in [6.45, 7) is 3.29. The molecule has 1 atom stereocenters. The van der Waals surface area contributed by atoms with Crippen LogP contribution in [0.1, 0.15) is 39.5 Å². The van der Waals surface area contributed by atoms with Gasteiger partial charge in [-0.15, -0.1) is 6.42 Å². The van der Waals surface area contributed by atoms with E-state index in [1.165, 1.54) is 6.92 Å². The van der Waals surface area contributed by atoms with Gasteiger partial charge in [-0.25, -0.2) is 0 Å². The molecule has 3 heteroatoms. The Morgan fingerprint density at radius 1 is 1.67 bits per heavy atom. The molecule has 80 valence electrons. The van der Waals surface area contributed by atoms with E-state index < -0.39 is 17.0 Å². The number of hydrogen-bond acceptors (Lipinski definition) is 3. The van der Waals surface area contributed by atoms with E-state index in [1.54, 1.807) is 0 Å². The highest BCUT2D eigenvalue weighted by atomic mass is 16.6. The number of carbonyl (C=O) groups excluding carboxylic acids is 1. The van der Waals surface area contributed by atoms with Crippen molar-refractivity contribution in [3.8, 4) is 18.4 Å². The lowest BCUT2D eigenvalue weighted by Crippen LogP contribution is -2.42. The van der Waals surface area contributed by atoms with Crippen molar-refractivity contribution in [3.05, 3.63) is 0 Å². The van der Waals surface area contributed by atoms with Crippen LogP contribution in [0.5, 0.6) is 0 Å². The summed E-state index contributed by atoms with van der Waals surface area (Å²) in [5.41, 5.74) is -1.65. The second-order valence-corrected chi connectivity index (χ2v) is 4.01. The fourth-order valence-electron chi connectivity index (χ4n) is 1.96. The van der Waals surface area contributed by atoms with Crippen LogP contribution in [0.3, 0.4) is 0 Å². The SMILES string of the molecule is C#C[C@@](CCC)(OC(C)=O)C1(C#N)CC1. The molecule has 0 radical (unpaired) electrons. The van der Waals surface area contributed by atoms with E-state index in [2.05, 4.69) is 12.0 Å². The van der Waals surface area contributed by atoms with Crippen molar-refractivity contribution < 1.29 is 9.53 Å². The van der Waals surface area contributed by atoms with Gasteiger partial charge in [0.05, 0.1) is 6.07 Å². The molecular weight excluding hydrogens is 190 g/mol. The maximum Gasteiger partial charge on any atom is 0.304 e. The van der Waals surface area contributed by atoms with Gasteiger partial charge in [0.15, 0.2) is 5.60 Å². The molecule has 0 aromatic rings. The maximum absolute atomic E-state index is 11.1. The Bertz CT molecular complexity index is 344. The molecule has 1 aliphatic carbocycles. The minimum absolute atomic E-state index is 0.414. The number of nitriles is 1. The smallest absolute Gasteiger partial charge is 0.304 e. The van der Waals surface area contributed by atoms with Gasteiger partial charge in [-0.05, 0) is 12.8 Å². The van der Waals surface area contributed by atoms with Gasteiger partial charge < -0.3 is 4.74 Å². The molecule has 1 aliphatic rings. The molecule has 0 heterocycles. The highest BCUT2D eigenvalue weighted by Gasteiger charge is 2.61. The predicted octanol–water partition coefficient (Wildman–Crippen LogP) is 2.03. The van der Waals surface area contributed by atoms with Gasteiger partial charge in [-0.3, -0.25) is 4.79 Å². The average Bonchev–Trinajstić information content (AvgIpc) is 2.97. The predicted molar refractivity (Wildman–Crippen MR) is 55.5 cm³/mol. The van der Waals surface area contributed by atoms with Crippen molar-refractivity contribution in [2.75, 3.05) is 0 Å². The van der Waals surface area contributed by atoms with Crippen LogP contribution in [0, 0.1) is 29.1 Å². The quantitative estimate of drug-likeness (QED) is 0.521.